The van der Waals surface area contributed by atoms with Crippen molar-refractivity contribution in [1.82, 2.24) is 44.9 Å². The van der Waals surface area contributed by atoms with Crippen LogP contribution in [0.4, 0.5) is 22.0 Å². The molecular weight excluding hydrogens is 1360 g/mol. The SMILES string of the molecule is COC(=O)c1ccc2c(C(N)=O)nn(CC(=O)O)c2c1.COC(=O)c1ccc2c(C(N)=O)nn(CC(C)=O)c2c1.NC(=O)c1nn(CC(=O)N(CC(=O)NCc2cccc(Cl)c2F)C2CC2)c2cc(COC=O)ccc12.O=C(CCC1CC1)NCc1cccc(Cl)c1F.O=CC(F)(F)F. The summed E-state index contributed by atoms with van der Waals surface area (Å²) in [6.45, 7) is 0.946. The van der Waals surface area contributed by atoms with Gasteiger partial charge in [-0.05, 0) is 98.3 Å². The summed E-state index contributed by atoms with van der Waals surface area (Å²) in [4.78, 5) is 138. The molecule has 3 heterocycles. The van der Waals surface area contributed by atoms with Crippen molar-refractivity contribution < 1.29 is 98.8 Å². The number of ketones is 1. The lowest BCUT2D eigenvalue weighted by Crippen LogP contribution is -2.43. The van der Waals surface area contributed by atoms with Crippen molar-refractivity contribution >= 4 is 128 Å². The Morgan fingerprint density at radius 1 is 0.636 bits per heavy atom. The van der Waals surface area contributed by atoms with Gasteiger partial charge in [0.25, 0.3) is 24.2 Å². The minimum absolute atomic E-state index is 0.0000748. The van der Waals surface area contributed by atoms with Crippen LogP contribution in [-0.2, 0) is 87.1 Å². The Labute approximate surface area is 567 Å². The highest BCUT2D eigenvalue weighted by Crippen LogP contribution is 2.33. The number of primary amides is 3. The molecule has 0 unspecified atom stereocenters. The number of carbonyl (C=O) groups is 12. The Hall–Kier alpha value is -11.2. The van der Waals surface area contributed by atoms with E-state index >= 15 is 0 Å². The predicted octanol–water partition coefficient (Wildman–Crippen LogP) is 6.46. The third-order valence-corrected chi connectivity index (χ3v) is 15.0. The number of hydrogen-bond donors (Lipinski definition) is 6. The van der Waals surface area contributed by atoms with Crippen LogP contribution in [0.5, 0.6) is 0 Å². The predicted molar refractivity (Wildman–Crippen MR) is 342 cm³/mol. The molecule has 0 aliphatic heterocycles. The second kappa shape index (κ2) is 35.2. The average molecular weight is 1420 g/mol. The van der Waals surface area contributed by atoms with Gasteiger partial charge in [-0.1, -0.05) is 66.4 Å². The van der Waals surface area contributed by atoms with Crippen LogP contribution in [0.3, 0.4) is 0 Å². The van der Waals surface area contributed by atoms with Gasteiger partial charge in [-0.3, -0.25) is 62.0 Å². The Bertz CT molecular complexity index is 4280. The Morgan fingerprint density at radius 2 is 1.07 bits per heavy atom. The number of hydrogen-bond acceptors (Lipinski definition) is 18. The highest BCUT2D eigenvalue weighted by Gasteiger charge is 2.35. The summed E-state index contributed by atoms with van der Waals surface area (Å²) >= 11 is 11.4. The first-order chi connectivity index (χ1) is 46.9. The van der Waals surface area contributed by atoms with Crippen LogP contribution in [-0.4, -0.2) is 144 Å². The van der Waals surface area contributed by atoms with Crippen molar-refractivity contribution in [2.24, 2.45) is 23.1 Å². The van der Waals surface area contributed by atoms with E-state index in [0.717, 1.165) is 29.9 Å². The van der Waals surface area contributed by atoms with Gasteiger partial charge < -0.3 is 52.1 Å². The van der Waals surface area contributed by atoms with Crippen LogP contribution in [0, 0.1) is 17.6 Å². The Kier molecular flexibility index (Phi) is 27.3. The van der Waals surface area contributed by atoms with Crippen LogP contribution in [0.15, 0.2) is 91.0 Å². The van der Waals surface area contributed by atoms with E-state index in [-0.39, 0.29) is 101 Å². The van der Waals surface area contributed by atoms with E-state index in [2.05, 4.69) is 35.4 Å². The van der Waals surface area contributed by atoms with Crippen LogP contribution in [0.25, 0.3) is 32.7 Å². The molecule has 2 aliphatic carbocycles. The molecule has 9 N–H and O–H groups in total. The number of alkyl halides is 3. The molecule has 5 aromatic carbocycles. The highest BCUT2D eigenvalue weighted by atomic mass is 35.5. The lowest BCUT2D eigenvalue weighted by molar-refractivity contribution is -0.156. The number of rotatable bonds is 24. The fourth-order valence-corrected chi connectivity index (χ4v) is 9.74. The lowest BCUT2D eigenvalue weighted by atomic mass is 10.1. The zero-order valence-corrected chi connectivity index (χ0v) is 54.3. The summed E-state index contributed by atoms with van der Waals surface area (Å²) in [6, 6.07) is 23.1. The fraction of sp³-hybridized carbons (Fsp3) is 0.297. The van der Waals surface area contributed by atoms with Crippen molar-refractivity contribution in [1.29, 1.82) is 0 Å². The number of benzene rings is 5. The number of carbonyl (C=O) groups excluding carboxylic acids is 11. The highest BCUT2D eigenvalue weighted by molar-refractivity contribution is 6.31. The molecule has 2 fully saturated rings. The number of carboxylic acid groups (broad SMARTS) is 1. The van der Waals surface area contributed by atoms with Gasteiger partial charge in [-0.15, -0.1) is 0 Å². The second-order valence-electron chi connectivity index (χ2n) is 21.8. The molecule has 0 saturated heterocycles. The number of halogens is 7. The maximum atomic E-state index is 14.1. The van der Waals surface area contributed by atoms with Gasteiger partial charge in [0, 0.05) is 52.8 Å². The molecule has 524 valence electrons. The number of aliphatic carboxylic acids is 1. The summed E-state index contributed by atoms with van der Waals surface area (Å²) in [5.74, 6) is -5.73. The summed E-state index contributed by atoms with van der Waals surface area (Å²) in [6.07, 6.45) is -0.223. The Balaban J connectivity index is 0.000000212. The van der Waals surface area contributed by atoms with E-state index in [1.54, 1.807) is 42.5 Å². The zero-order chi connectivity index (χ0) is 73.0. The number of esters is 2. The first-order valence-corrected chi connectivity index (χ1v) is 30.2. The molecule has 0 spiro atoms. The van der Waals surface area contributed by atoms with Crippen molar-refractivity contribution in [3.63, 3.8) is 0 Å². The van der Waals surface area contributed by atoms with E-state index in [1.165, 1.54) is 96.8 Å². The monoisotopic (exact) mass is 1420 g/mol. The molecule has 28 nitrogen and oxygen atoms in total. The quantitative estimate of drug-likeness (QED) is 0.0164. The van der Waals surface area contributed by atoms with E-state index in [9.17, 15) is 74.7 Å². The third kappa shape index (κ3) is 22.2. The van der Waals surface area contributed by atoms with Crippen LogP contribution < -0.4 is 27.8 Å². The van der Waals surface area contributed by atoms with Gasteiger partial charge in [-0.2, -0.15) is 28.5 Å². The summed E-state index contributed by atoms with van der Waals surface area (Å²) < 4.78 is 76.6. The lowest BCUT2D eigenvalue weighted by Gasteiger charge is -2.22. The number of methoxy groups -OCH3 is 2. The molecule has 8 aromatic rings. The van der Waals surface area contributed by atoms with E-state index in [1.807, 2.05) is 0 Å². The van der Waals surface area contributed by atoms with Crippen molar-refractivity contribution in [2.75, 3.05) is 20.8 Å². The normalized spacial score (nSPS) is 12.1. The maximum absolute atomic E-state index is 14.1. The number of aromatic nitrogens is 6. The van der Waals surface area contributed by atoms with Gasteiger partial charge in [-0.25, -0.2) is 18.4 Å². The van der Waals surface area contributed by atoms with Crippen LogP contribution >= 0.6 is 23.2 Å². The number of aldehydes is 1. The Morgan fingerprint density at radius 3 is 1.47 bits per heavy atom. The largest absolute Gasteiger partial charge is 0.480 e. The van der Waals surface area contributed by atoms with Crippen molar-refractivity contribution in [3.8, 4) is 0 Å². The number of nitrogens with one attached hydrogen (secondary N) is 2. The van der Waals surface area contributed by atoms with E-state index in [0.29, 0.717) is 62.3 Å². The molecule has 6 amide bonds. The van der Waals surface area contributed by atoms with E-state index < -0.39 is 72.2 Å². The molecule has 35 heteroatoms. The molecule has 99 heavy (non-hydrogen) atoms. The topological polar surface area (TPSA) is 412 Å². The van der Waals surface area contributed by atoms with Gasteiger partial charge in [0.1, 0.15) is 31.3 Å². The third-order valence-electron chi connectivity index (χ3n) is 14.4. The molecule has 3 aromatic heterocycles. The van der Waals surface area contributed by atoms with Gasteiger partial charge in [0.2, 0.25) is 24.0 Å². The van der Waals surface area contributed by atoms with Crippen molar-refractivity contribution in [3.05, 3.63) is 158 Å². The number of nitrogens with zero attached hydrogens (tertiary/aromatic N) is 7. The molecule has 2 saturated carbocycles. The molecule has 0 atom stereocenters. The van der Waals surface area contributed by atoms with Crippen LogP contribution in [0.2, 0.25) is 10.0 Å². The number of Topliss-reactive ketones (excluding diaryl/α,β-unsaturated/α-hetero) is 1. The maximum Gasteiger partial charge on any atom is 0.446 e. The first kappa shape index (κ1) is 76.8. The molecular formula is C64H63Cl2F5N12O16. The van der Waals surface area contributed by atoms with Crippen molar-refractivity contribution in [2.45, 2.75) is 97.0 Å². The first-order valence-electron chi connectivity index (χ1n) is 29.4. The summed E-state index contributed by atoms with van der Waals surface area (Å²) in [5, 5.41) is 27.6. The summed E-state index contributed by atoms with van der Waals surface area (Å²) in [5.41, 5.74) is 19.0. The molecule has 2 aliphatic rings. The second-order valence-corrected chi connectivity index (χ2v) is 22.6. The fourth-order valence-electron chi connectivity index (χ4n) is 9.35. The zero-order valence-electron chi connectivity index (χ0n) is 52.7. The minimum Gasteiger partial charge on any atom is -0.480 e. The van der Waals surface area contributed by atoms with Gasteiger partial charge >= 0.3 is 24.1 Å². The smallest absolute Gasteiger partial charge is 0.446 e. The van der Waals surface area contributed by atoms with E-state index in [4.69, 9.17) is 55.0 Å². The van der Waals surface area contributed by atoms with Crippen LogP contribution in [0.1, 0.15) is 114 Å². The number of nitrogens with two attached hydrogens (primary N) is 3. The molecule has 10 rings (SSSR count). The average Bonchev–Trinajstić information content (AvgIpc) is 1.66. The standard InChI is InChI=1S/C24H23ClFN5O5.C13H15ClFNO.C13H13N3O4.C12H11N3O5.C2HF3O/c25-18-3-1-2-15(22(18)26)9-28-20(33)10-30(16-5-6-16)21(34)11-31-19-8-14(12-36-13-32)4-7-17(19)23(29-31)24(27)35;14-11-3-1-2-10(13(11)15)8-16-12(17)7-6-9-4-5-9;1-7(17)6-16-10-5-8(13(19)20-2)3-4-9(10)11(15-16)12(14)18;1-20-12(19)6-2-3-7-8(4-6)15(5-9(16)17)14-10(7)11(13)18;3-2(4,5)1-6/h1-4,7-8,13,16H,5-6,9-12H2,(H2,27,35)(H,28,33);1-3,9H,4-8H2,(H,16,17);3-5H,6H2,1-2H3,(H2,14,18);2-4H,5H2,1H3,(H2,13,18)(H,16,17);1H. The van der Waals surface area contributed by atoms with Gasteiger partial charge in [0.05, 0.1) is 65.0 Å². The number of ether oxygens (including phenoxy) is 3. The minimum atomic E-state index is -4.64. The number of amides is 6. The molecule has 0 radical (unpaired) electrons. The number of fused-ring (bicyclic) bond motifs is 3. The molecule has 0 bridgehead atoms. The summed E-state index contributed by atoms with van der Waals surface area (Å²) in [7, 11) is 2.50. The number of carboxylic acids is 1. The van der Waals surface area contributed by atoms with Gasteiger partial charge in [0.15, 0.2) is 22.9 Å².